The Labute approximate surface area is 122 Å². The van der Waals surface area contributed by atoms with E-state index >= 15 is 0 Å². The molecule has 3 heteroatoms. The summed E-state index contributed by atoms with van der Waals surface area (Å²) in [7, 11) is 1.75. The third-order valence-corrected chi connectivity index (χ3v) is 3.88. The van der Waals surface area contributed by atoms with Crippen LogP contribution in [0, 0.1) is 5.92 Å². The molecule has 1 N–H and O–H groups in total. The molecule has 0 radical (unpaired) electrons. The Kier molecular flexibility index (Phi) is 5.86. The van der Waals surface area contributed by atoms with Crippen LogP contribution in [0.25, 0.3) is 0 Å². The summed E-state index contributed by atoms with van der Waals surface area (Å²) in [5.74, 6) is 1.63. The fraction of sp³-hybridized carbons (Fsp3) is 0.647. The lowest BCUT2D eigenvalue weighted by molar-refractivity contribution is 0.0738. The molecule has 3 nitrogen and oxygen atoms in total. The van der Waals surface area contributed by atoms with Gasteiger partial charge in [-0.25, -0.2) is 0 Å². The Morgan fingerprint density at radius 1 is 1.25 bits per heavy atom. The Morgan fingerprint density at radius 2 is 1.95 bits per heavy atom. The van der Waals surface area contributed by atoms with Gasteiger partial charge in [-0.15, -0.1) is 0 Å². The van der Waals surface area contributed by atoms with Crippen molar-refractivity contribution in [3.05, 3.63) is 29.8 Å². The van der Waals surface area contributed by atoms with Crippen LogP contribution in [0.2, 0.25) is 0 Å². The minimum Gasteiger partial charge on any atom is -0.496 e. The van der Waals surface area contributed by atoms with Crippen LogP contribution < -0.4 is 10.1 Å². The minimum atomic E-state index is 0.356. The SMILES string of the molecule is COc1ccccc1C(CC(C)C)NC1CCOCC1. The molecule has 1 aromatic rings. The van der Waals surface area contributed by atoms with Crippen LogP contribution in [0.1, 0.15) is 44.7 Å². The van der Waals surface area contributed by atoms with Gasteiger partial charge < -0.3 is 14.8 Å². The highest BCUT2D eigenvalue weighted by Crippen LogP contribution is 2.30. The van der Waals surface area contributed by atoms with Crippen molar-refractivity contribution in [2.75, 3.05) is 20.3 Å². The molecule has 1 heterocycles. The van der Waals surface area contributed by atoms with Crippen molar-refractivity contribution in [2.45, 2.75) is 45.2 Å². The molecule has 0 spiro atoms. The first kappa shape index (κ1) is 15.3. The van der Waals surface area contributed by atoms with Gasteiger partial charge in [0.1, 0.15) is 5.75 Å². The summed E-state index contributed by atoms with van der Waals surface area (Å²) in [6.45, 7) is 6.29. The van der Waals surface area contributed by atoms with Gasteiger partial charge in [0, 0.05) is 30.9 Å². The van der Waals surface area contributed by atoms with Gasteiger partial charge in [-0.3, -0.25) is 0 Å². The molecule has 0 saturated carbocycles. The summed E-state index contributed by atoms with van der Waals surface area (Å²) >= 11 is 0. The molecule has 0 aliphatic carbocycles. The van der Waals surface area contributed by atoms with Crippen LogP contribution >= 0.6 is 0 Å². The molecule has 1 aromatic carbocycles. The normalized spacial score (nSPS) is 18.2. The van der Waals surface area contributed by atoms with Crippen molar-refractivity contribution < 1.29 is 9.47 Å². The molecule has 1 atom stereocenters. The van der Waals surface area contributed by atoms with Crippen molar-refractivity contribution in [3.8, 4) is 5.75 Å². The average Bonchev–Trinajstić information content (AvgIpc) is 2.47. The zero-order chi connectivity index (χ0) is 14.4. The lowest BCUT2D eigenvalue weighted by Crippen LogP contribution is -2.38. The Balaban J connectivity index is 2.13. The zero-order valence-electron chi connectivity index (χ0n) is 12.9. The second kappa shape index (κ2) is 7.65. The molecule has 1 aliphatic rings. The van der Waals surface area contributed by atoms with Gasteiger partial charge in [0.2, 0.25) is 0 Å². The fourth-order valence-electron chi connectivity index (χ4n) is 2.86. The molecule has 20 heavy (non-hydrogen) atoms. The molecule has 0 aromatic heterocycles. The standard InChI is InChI=1S/C17H27NO2/c1-13(2)12-16(18-14-8-10-20-11-9-14)15-6-4-5-7-17(15)19-3/h4-7,13-14,16,18H,8-12H2,1-3H3. The van der Waals surface area contributed by atoms with E-state index in [2.05, 4.69) is 31.3 Å². The first-order valence-electron chi connectivity index (χ1n) is 7.67. The van der Waals surface area contributed by atoms with E-state index in [0.717, 1.165) is 38.2 Å². The van der Waals surface area contributed by atoms with Crippen molar-refractivity contribution in [1.29, 1.82) is 0 Å². The predicted molar refractivity (Wildman–Crippen MR) is 82.2 cm³/mol. The molecule has 2 rings (SSSR count). The summed E-state index contributed by atoms with van der Waals surface area (Å²) in [4.78, 5) is 0. The highest BCUT2D eigenvalue weighted by atomic mass is 16.5. The van der Waals surface area contributed by atoms with Crippen LogP contribution in [0.3, 0.4) is 0 Å². The van der Waals surface area contributed by atoms with Gasteiger partial charge in [0.15, 0.2) is 0 Å². The van der Waals surface area contributed by atoms with E-state index in [0.29, 0.717) is 18.0 Å². The topological polar surface area (TPSA) is 30.5 Å². The number of hydrogen-bond donors (Lipinski definition) is 1. The molecule has 1 fully saturated rings. The van der Waals surface area contributed by atoms with Gasteiger partial charge >= 0.3 is 0 Å². The van der Waals surface area contributed by atoms with E-state index in [1.54, 1.807) is 7.11 Å². The first-order chi connectivity index (χ1) is 9.70. The molecule has 1 unspecified atom stereocenters. The van der Waals surface area contributed by atoms with Crippen molar-refractivity contribution in [3.63, 3.8) is 0 Å². The first-order valence-corrected chi connectivity index (χ1v) is 7.67. The fourth-order valence-corrected chi connectivity index (χ4v) is 2.86. The van der Waals surface area contributed by atoms with E-state index in [9.17, 15) is 0 Å². The lowest BCUT2D eigenvalue weighted by Gasteiger charge is -2.30. The molecule has 1 aliphatic heterocycles. The number of methoxy groups -OCH3 is 1. The van der Waals surface area contributed by atoms with Gasteiger partial charge in [-0.2, -0.15) is 0 Å². The molecule has 0 amide bonds. The number of para-hydroxylation sites is 1. The van der Waals surface area contributed by atoms with E-state index < -0.39 is 0 Å². The highest BCUT2D eigenvalue weighted by molar-refractivity contribution is 5.36. The Hall–Kier alpha value is -1.06. The van der Waals surface area contributed by atoms with Gasteiger partial charge in [-0.05, 0) is 31.2 Å². The van der Waals surface area contributed by atoms with Crippen molar-refractivity contribution in [1.82, 2.24) is 5.32 Å². The number of nitrogens with one attached hydrogen (secondary N) is 1. The molecule has 1 saturated heterocycles. The van der Waals surface area contributed by atoms with E-state index in [1.165, 1.54) is 5.56 Å². The lowest BCUT2D eigenvalue weighted by atomic mass is 9.94. The second-order valence-corrected chi connectivity index (χ2v) is 5.98. The zero-order valence-corrected chi connectivity index (χ0v) is 12.9. The molecule has 112 valence electrons. The largest absolute Gasteiger partial charge is 0.496 e. The predicted octanol–water partition coefficient (Wildman–Crippen LogP) is 3.55. The van der Waals surface area contributed by atoms with Crippen LogP contribution in [0.5, 0.6) is 5.75 Å². The summed E-state index contributed by atoms with van der Waals surface area (Å²) in [6, 6.07) is 9.26. The third kappa shape index (κ3) is 4.22. The van der Waals surface area contributed by atoms with E-state index in [-0.39, 0.29) is 0 Å². The van der Waals surface area contributed by atoms with Crippen LogP contribution in [-0.2, 0) is 4.74 Å². The van der Waals surface area contributed by atoms with Crippen LogP contribution in [0.4, 0.5) is 0 Å². The highest BCUT2D eigenvalue weighted by Gasteiger charge is 2.22. The van der Waals surface area contributed by atoms with Gasteiger partial charge in [-0.1, -0.05) is 32.0 Å². The average molecular weight is 277 g/mol. The monoisotopic (exact) mass is 277 g/mol. The van der Waals surface area contributed by atoms with Crippen LogP contribution in [0.15, 0.2) is 24.3 Å². The van der Waals surface area contributed by atoms with Crippen LogP contribution in [-0.4, -0.2) is 26.4 Å². The maximum atomic E-state index is 5.53. The molecular formula is C17H27NO2. The second-order valence-electron chi connectivity index (χ2n) is 5.98. The van der Waals surface area contributed by atoms with Crippen molar-refractivity contribution in [2.24, 2.45) is 5.92 Å². The number of ether oxygens (including phenoxy) is 2. The maximum Gasteiger partial charge on any atom is 0.123 e. The maximum absolute atomic E-state index is 5.53. The Morgan fingerprint density at radius 3 is 2.60 bits per heavy atom. The van der Waals surface area contributed by atoms with Gasteiger partial charge in [0.25, 0.3) is 0 Å². The number of rotatable bonds is 6. The Bertz CT molecular complexity index is 400. The number of hydrogen-bond acceptors (Lipinski definition) is 3. The summed E-state index contributed by atoms with van der Waals surface area (Å²) in [5.41, 5.74) is 1.27. The third-order valence-electron chi connectivity index (χ3n) is 3.88. The summed E-state index contributed by atoms with van der Waals surface area (Å²) < 4.78 is 11.0. The molecular weight excluding hydrogens is 250 g/mol. The smallest absolute Gasteiger partial charge is 0.123 e. The number of benzene rings is 1. The quantitative estimate of drug-likeness (QED) is 0.862. The molecule has 0 bridgehead atoms. The van der Waals surface area contributed by atoms with E-state index in [4.69, 9.17) is 9.47 Å². The summed E-state index contributed by atoms with van der Waals surface area (Å²) in [5, 5.41) is 3.82. The van der Waals surface area contributed by atoms with Crippen molar-refractivity contribution >= 4 is 0 Å². The van der Waals surface area contributed by atoms with E-state index in [1.807, 2.05) is 12.1 Å². The summed E-state index contributed by atoms with van der Waals surface area (Å²) in [6.07, 6.45) is 3.32. The minimum absolute atomic E-state index is 0.356. The van der Waals surface area contributed by atoms with Gasteiger partial charge in [0.05, 0.1) is 7.11 Å².